The fourth-order valence-corrected chi connectivity index (χ4v) is 10.9. The summed E-state index contributed by atoms with van der Waals surface area (Å²) in [5.41, 5.74) is 20.2. The van der Waals surface area contributed by atoms with Crippen LogP contribution in [0.1, 0.15) is 65.5 Å². The molecule has 0 bridgehead atoms. The summed E-state index contributed by atoms with van der Waals surface area (Å²) in [7, 11) is 0. The minimum atomic E-state index is -0.0543. The molecular formula is C60H47NO. The molecule has 3 aliphatic rings. The summed E-state index contributed by atoms with van der Waals surface area (Å²) in [6.07, 6.45) is 11.0. The Balaban J connectivity index is 0.835. The lowest BCUT2D eigenvalue weighted by molar-refractivity contribution is 0.654. The van der Waals surface area contributed by atoms with E-state index < -0.39 is 0 Å². The number of benzene rings is 8. The average molecular weight is 798 g/mol. The molecule has 1 aliphatic heterocycles. The van der Waals surface area contributed by atoms with Gasteiger partial charge in [-0.15, -0.1) is 0 Å². The molecule has 3 unspecified atom stereocenters. The van der Waals surface area contributed by atoms with Crippen LogP contribution in [0.3, 0.4) is 0 Å². The lowest BCUT2D eigenvalue weighted by Crippen LogP contribution is -2.28. The second-order valence-electron chi connectivity index (χ2n) is 17.9. The Morgan fingerprint density at radius 3 is 2.06 bits per heavy atom. The number of para-hydroxylation sites is 3. The highest BCUT2D eigenvalue weighted by Crippen LogP contribution is 2.50. The van der Waals surface area contributed by atoms with Crippen molar-refractivity contribution < 1.29 is 4.42 Å². The van der Waals surface area contributed by atoms with Crippen molar-refractivity contribution in [3.63, 3.8) is 0 Å². The topological polar surface area (TPSA) is 16.4 Å². The van der Waals surface area contributed by atoms with E-state index >= 15 is 0 Å². The molecular weight excluding hydrogens is 751 g/mol. The molecule has 1 aromatic heterocycles. The Hall–Kier alpha value is -7.16. The minimum absolute atomic E-state index is 0.0543. The van der Waals surface area contributed by atoms with Crippen LogP contribution in [0.2, 0.25) is 0 Å². The Bertz CT molecular complexity index is 3220. The third kappa shape index (κ3) is 5.92. The number of allylic oxidation sites excluding steroid dienone is 2. The van der Waals surface area contributed by atoms with Gasteiger partial charge in [0.15, 0.2) is 0 Å². The summed E-state index contributed by atoms with van der Waals surface area (Å²) in [4.78, 5) is 2.50. The molecule has 2 heterocycles. The molecule has 12 rings (SSSR count). The summed E-state index contributed by atoms with van der Waals surface area (Å²) < 4.78 is 6.45. The van der Waals surface area contributed by atoms with E-state index in [1.54, 1.807) is 0 Å². The van der Waals surface area contributed by atoms with E-state index in [2.05, 4.69) is 219 Å². The zero-order chi connectivity index (χ0) is 41.4. The van der Waals surface area contributed by atoms with Gasteiger partial charge in [0.05, 0.1) is 6.04 Å². The van der Waals surface area contributed by atoms with Crippen molar-refractivity contribution in [3.8, 4) is 33.4 Å². The molecule has 298 valence electrons. The van der Waals surface area contributed by atoms with Gasteiger partial charge in [-0.3, -0.25) is 0 Å². The predicted octanol–water partition coefficient (Wildman–Crippen LogP) is 15.7. The van der Waals surface area contributed by atoms with Gasteiger partial charge in [-0.1, -0.05) is 196 Å². The van der Waals surface area contributed by atoms with Crippen LogP contribution in [0.15, 0.2) is 211 Å². The zero-order valence-electron chi connectivity index (χ0n) is 35.1. The molecule has 3 atom stereocenters. The van der Waals surface area contributed by atoms with Gasteiger partial charge in [0, 0.05) is 45.0 Å². The van der Waals surface area contributed by atoms with E-state index in [0.29, 0.717) is 12.0 Å². The van der Waals surface area contributed by atoms with Crippen LogP contribution in [0.4, 0.5) is 11.4 Å². The van der Waals surface area contributed by atoms with Gasteiger partial charge in [0.2, 0.25) is 0 Å². The number of rotatable bonds is 8. The first-order valence-electron chi connectivity index (χ1n) is 22.2. The van der Waals surface area contributed by atoms with E-state index in [1.807, 2.05) is 6.07 Å². The molecule has 0 fully saturated rings. The Labute approximate surface area is 364 Å². The first kappa shape index (κ1) is 36.7. The van der Waals surface area contributed by atoms with E-state index in [0.717, 1.165) is 40.3 Å². The van der Waals surface area contributed by atoms with E-state index in [9.17, 15) is 0 Å². The lowest BCUT2D eigenvalue weighted by Gasteiger charge is -2.28. The van der Waals surface area contributed by atoms with Crippen molar-refractivity contribution in [1.82, 2.24) is 0 Å². The number of anilines is 2. The molecule has 62 heavy (non-hydrogen) atoms. The van der Waals surface area contributed by atoms with Gasteiger partial charge in [-0.25, -0.2) is 0 Å². The highest BCUT2D eigenvalue weighted by molar-refractivity contribution is 6.09. The average Bonchev–Trinajstić information content (AvgIpc) is 3.95. The quantitative estimate of drug-likeness (QED) is 0.152. The number of hydrogen-bond donors (Lipinski definition) is 0. The van der Waals surface area contributed by atoms with Gasteiger partial charge in [0.25, 0.3) is 0 Å². The molecule has 2 nitrogen and oxygen atoms in total. The Morgan fingerprint density at radius 1 is 0.548 bits per heavy atom. The predicted molar refractivity (Wildman–Crippen MR) is 259 cm³/mol. The first-order valence-corrected chi connectivity index (χ1v) is 22.2. The smallest absolute Gasteiger partial charge is 0.143 e. The first-order chi connectivity index (χ1) is 30.5. The maximum Gasteiger partial charge on any atom is 0.143 e. The number of nitrogens with zero attached hydrogens (tertiary/aromatic N) is 1. The monoisotopic (exact) mass is 797 g/mol. The summed E-state index contributed by atoms with van der Waals surface area (Å²) in [6, 6.07) is 67.9. The van der Waals surface area contributed by atoms with Gasteiger partial charge >= 0.3 is 0 Å². The molecule has 2 heteroatoms. The van der Waals surface area contributed by atoms with Crippen molar-refractivity contribution in [2.24, 2.45) is 0 Å². The Morgan fingerprint density at radius 2 is 1.21 bits per heavy atom. The van der Waals surface area contributed by atoms with Gasteiger partial charge in [-0.05, 0) is 98.3 Å². The zero-order valence-corrected chi connectivity index (χ0v) is 35.1. The van der Waals surface area contributed by atoms with E-state index in [4.69, 9.17) is 4.42 Å². The van der Waals surface area contributed by atoms with Crippen LogP contribution >= 0.6 is 0 Å². The second-order valence-corrected chi connectivity index (χ2v) is 17.9. The van der Waals surface area contributed by atoms with Gasteiger partial charge in [-0.2, -0.15) is 0 Å². The van der Waals surface area contributed by atoms with Crippen molar-refractivity contribution in [3.05, 3.63) is 240 Å². The van der Waals surface area contributed by atoms with Crippen LogP contribution in [0, 0.1) is 0 Å². The fraction of sp³-hybridized carbons (Fsp3) is 0.133. The standard InChI is InChI=1S/C60H47NO/c1-60(2)54-18-7-3-12-48(54)49-37-33-44(38-55(49)60)46(42-27-29-43(30-28-42)47-16-11-17-53-52-15-6-10-21-58(52)62-59(47)53)36-24-39-22-25-40(26-23-39)41-31-34-45(35-32-41)61-56-19-8-4-13-50(56)51-14-5-9-20-57(51)61/h3-23,25-35,37-38,46,50,56H,24,36H2,1-2H3. The number of fused-ring (bicyclic) bond motifs is 9. The molecule has 0 saturated carbocycles. The maximum absolute atomic E-state index is 6.45. The van der Waals surface area contributed by atoms with E-state index in [1.165, 1.54) is 72.6 Å². The second kappa shape index (κ2) is 14.5. The van der Waals surface area contributed by atoms with Gasteiger partial charge in [0.1, 0.15) is 11.2 Å². The van der Waals surface area contributed by atoms with Crippen LogP contribution < -0.4 is 4.90 Å². The molecule has 0 amide bonds. The third-order valence-corrected chi connectivity index (χ3v) is 14.2. The highest BCUT2D eigenvalue weighted by Gasteiger charge is 2.37. The van der Waals surface area contributed by atoms with Crippen molar-refractivity contribution in [1.29, 1.82) is 0 Å². The third-order valence-electron chi connectivity index (χ3n) is 14.2. The summed E-state index contributed by atoms with van der Waals surface area (Å²) in [5.74, 6) is 0.617. The van der Waals surface area contributed by atoms with Crippen LogP contribution in [0.25, 0.3) is 55.3 Å². The van der Waals surface area contributed by atoms with Crippen LogP contribution in [-0.2, 0) is 11.8 Å². The normalized spacial score (nSPS) is 17.2. The van der Waals surface area contributed by atoms with Crippen molar-refractivity contribution >= 4 is 33.3 Å². The largest absolute Gasteiger partial charge is 0.455 e. The SMILES string of the molecule is CC1(C)c2ccccc2-c2ccc(C(CCc3ccc(-c4ccc(N5c6ccccc6C6C=CC=CC65)cc4)cc3)c3ccc(-c4cccc5c4oc4ccccc45)cc3)cc21. The van der Waals surface area contributed by atoms with Crippen LogP contribution in [-0.4, -0.2) is 6.04 Å². The Kier molecular flexibility index (Phi) is 8.57. The minimum Gasteiger partial charge on any atom is -0.455 e. The molecule has 0 spiro atoms. The summed E-state index contributed by atoms with van der Waals surface area (Å²) in [5, 5.41) is 2.32. The van der Waals surface area contributed by atoms with Gasteiger partial charge < -0.3 is 9.32 Å². The molecule has 0 radical (unpaired) electrons. The molecule has 0 saturated heterocycles. The molecule has 0 N–H and O–H groups in total. The van der Waals surface area contributed by atoms with Crippen molar-refractivity contribution in [2.75, 3.05) is 4.90 Å². The summed E-state index contributed by atoms with van der Waals surface area (Å²) >= 11 is 0. The number of hydrogen-bond acceptors (Lipinski definition) is 2. The van der Waals surface area contributed by atoms with Crippen molar-refractivity contribution in [2.45, 2.75) is 50.0 Å². The molecule has 8 aromatic carbocycles. The number of aryl methyl sites for hydroxylation is 1. The molecule has 9 aromatic rings. The lowest BCUT2D eigenvalue weighted by atomic mass is 9.79. The fourth-order valence-electron chi connectivity index (χ4n) is 10.9. The molecule has 2 aliphatic carbocycles. The van der Waals surface area contributed by atoms with E-state index in [-0.39, 0.29) is 11.3 Å². The maximum atomic E-state index is 6.45. The summed E-state index contributed by atoms with van der Waals surface area (Å²) in [6.45, 7) is 4.76. The highest BCUT2D eigenvalue weighted by atomic mass is 16.3. The number of furan rings is 1. The van der Waals surface area contributed by atoms with Crippen LogP contribution in [0.5, 0.6) is 0 Å².